The van der Waals surface area contributed by atoms with Crippen molar-refractivity contribution in [3.05, 3.63) is 12.2 Å². The summed E-state index contributed by atoms with van der Waals surface area (Å²) in [5.74, 6) is 0.486. The van der Waals surface area contributed by atoms with E-state index in [1.165, 1.54) is 12.0 Å². The van der Waals surface area contributed by atoms with Crippen molar-refractivity contribution in [3.8, 4) is 0 Å². The van der Waals surface area contributed by atoms with Crippen molar-refractivity contribution in [1.29, 1.82) is 0 Å². The molecule has 2 N–H and O–H groups in total. The van der Waals surface area contributed by atoms with Gasteiger partial charge in [-0.2, -0.15) is 0 Å². The Kier molecular flexibility index (Phi) is 2.77. The van der Waals surface area contributed by atoms with Crippen molar-refractivity contribution in [2.75, 3.05) is 6.61 Å². The van der Waals surface area contributed by atoms with E-state index in [-0.39, 0.29) is 12.1 Å². The smallest absolute Gasteiger partial charge is 0.0826 e. The highest BCUT2D eigenvalue weighted by Gasteiger charge is 2.40. The van der Waals surface area contributed by atoms with Crippen molar-refractivity contribution in [3.63, 3.8) is 0 Å². The number of hydrogen-bond donors (Lipinski definition) is 1. The van der Waals surface area contributed by atoms with Crippen LogP contribution in [0.25, 0.3) is 0 Å². The van der Waals surface area contributed by atoms with E-state index < -0.39 is 0 Å². The summed E-state index contributed by atoms with van der Waals surface area (Å²) in [5, 5.41) is 0. The second-order valence-electron chi connectivity index (χ2n) is 4.05. The van der Waals surface area contributed by atoms with E-state index in [1.807, 2.05) is 0 Å². The zero-order valence-corrected chi connectivity index (χ0v) is 9.29. The largest absolute Gasteiger partial charge is 0.374 e. The third kappa shape index (κ3) is 1.69. The molecule has 2 aliphatic rings. The molecule has 0 bridgehead atoms. The monoisotopic (exact) mass is 245 g/mol. The third-order valence-corrected chi connectivity index (χ3v) is 4.07. The molecule has 2 rings (SSSR count). The first-order chi connectivity index (χ1) is 6.20. The van der Waals surface area contributed by atoms with E-state index in [4.69, 9.17) is 10.5 Å². The predicted octanol–water partition coefficient (Wildman–Crippen LogP) is 1.83. The van der Waals surface area contributed by atoms with Gasteiger partial charge in [-0.3, -0.25) is 0 Å². The van der Waals surface area contributed by atoms with Gasteiger partial charge in [-0.25, -0.2) is 0 Å². The van der Waals surface area contributed by atoms with Crippen molar-refractivity contribution >= 4 is 15.9 Å². The number of fused-ring (bicyclic) bond motifs is 1. The van der Waals surface area contributed by atoms with Gasteiger partial charge in [-0.1, -0.05) is 22.5 Å². The lowest BCUT2D eigenvalue weighted by Crippen LogP contribution is -2.51. The zero-order chi connectivity index (χ0) is 9.42. The maximum Gasteiger partial charge on any atom is 0.0826 e. The Balaban J connectivity index is 2.15. The van der Waals surface area contributed by atoms with Gasteiger partial charge in [-0.05, 0) is 24.8 Å². The van der Waals surface area contributed by atoms with Crippen molar-refractivity contribution in [1.82, 2.24) is 0 Å². The summed E-state index contributed by atoms with van der Waals surface area (Å²) in [6.45, 7) is 4.95. The Morgan fingerprint density at radius 2 is 2.31 bits per heavy atom. The van der Waals surface area contributed by atoms with Crippen LogP contribution in [-0.4, -0.2) is 23.6 Å². The number of ether oxygens (including phenoxy) is 1. The van der Waals surface area contributed by atoms with E-state index in [0.717, 1.165) is 19.4 Å². The van der Waals surface area contributed by atoms with Crippen LogP contribution in [0.4, 0.5) is 0 Å². The lowest BCUT2D eigenvalue weighted by atomic mass is 9.76. The van der Waals surface area contributed by atoms with Gasteiger partial charge in [0.05, 0.1) is 6.10 Å². The summed E-state index contributed by atoms with van der Waals surface area (Å²) in [6.07, 6.45) is 3.52. The SMILES string of the molecule is C=C1CC(Br)C(N)C2CCCOC12. The summed E-state index contributed by atoms with van der Waals surface area (Å²) in [4.78, 5) is 0.392. The molecular weight excluding hydrogens is 230 g/mol. The van der Waals surface area contributed by atoms with Gasteiger partial charge in [0.25, 0.3) is 0 Å². The molecule has 0 aromatic carbocycles. The molecule has 2 fully saturated rings. The number of hydrogen-bond acceptors (Lipinski definition) is 2. The Hall–Kier alpha value is 0.140. The fourth-order valence-corrected chi connectivity index (χ4v) is 3.20. The van der Waals surface area contributed by atoms with Crippen molar-refractivity contribution in [2.24, 2.45) is 11.7 Å². The minimum Gasteiger partial charge on any atom is -0.374 e. The molecule has 0 spiro atoms. The molecule has 1 saturated heterocycles. The normalized spacial score (nSPS) is 45.8. The van der Waals surface area contributed by atoms with Gasteiger partial charge in [0.2, 0.25) is 0 Å². The number of rotatable bonds is 0. The van der Waals surface area contributed by atoms with Crippen LogP contribution in [0.1, 0.15) is 19.3 Å². The van der Waals surface area contributed by atoms with Gasteiger partial charge in [0.1, 0.15) is 0 Å². The zero-order valence-electron chi connectivity index (χ0n) is 7.71. The lowest BCUT2D eigenvalue weighted by Gasteiger charge is -2.43. The second-order valence-corrected chi connectivity index (χ2v) is 5.23. The minimum atomic E-state index is 0.232. The topological polar surface area (TPSA) is 35.2 Å². The lowest BCUT2D eigenvalue weighted by molar-refractivity contribution is -0.0225. The highest BCUT2D eigenvalue weighted by molar-refractivity contribution is 9.09. The highest BCUT2D eigenvalue weighted by atomic mass is 79.9. The molecule has 4 atom stereocenters. The van der Waals surface area contributed by atoms with Crippen LogP contribution in [-0.2, 0) is 4.74 Å². The van der Waals surface area contributed by atoms with Crippen LogP contribution in [0.5, 0.6) is 0 Å². The van der Waals surface area contributed by atoms with Gasteiger partial charge in [0, 0.05) is 23.4 Å². The molecule has 13 heavy (non-hydrogen) atoms. The maximum atomic E-state index is 6.13. The van der Waals surface area contributed by atoms with Crippen LogP contribution in [0.15, 0.2) is 12.2 Å². The van der Waals surface area contributed by atoms with Crippen molar-refractivity contribution in [2.45, 2.75) is 36.2 Å². The number of alkyl halides is 1. The summed E-state index contributed by atoms with van der Waals surface area (Å²) < 4.78 is 5.71. The minimum absolute atomic E-state index is 0.232. The molecule has 3 heteroatoms. The molecule has 74 valence electrons. The molecule has 1 heterocycles. The van der Waals surface area contributed by atoms with Gasteiger partial charge in [-0.15, -0.1) is 0 Å². The molecule has 0 amide bonds. The van der Waals surface area contributed by atoms with Crippen LogP contribution in [0.2, 0.25) is 0 Å². The van der Waals surface area contributed by atoms with Gasteiger partial charge in [0.15, 0.2) is 0 Å². The number of halogens is 1. The molecule has 1 saturated carbocycles. The quantitative estimate of drug-likeness (QED) is 0.522. The average molecular weight is 246 g/mol. The molecule has 1 aliphatic heterocycles. The maximum absolute atomic E-state index is 6.13. The third-order valence-electron chi connectivity index (χ3n) is 3.14. The summed E-state index contributed by atoms with van der Waals surface area (Å²) in [5.41, 5.74) is 7.34. The summed E-state index contributed by atoms with van der Waals surface area (Å²) in [7, 11) is 0. The van der Waals surface area contributed by atoms with E-state index in [0.29, 0.717) is 10.7 Å². The Morgan fingerprint density at radius 3 is 3.08 bits per heavy atom. The van der Waals surface area contributed by atoms with Crippen LogP contribution in [0, 0.1) is 5.92 Å². The molecule has 0 aromatic heterocycles. The molecule has 0 aromatic rings. The fraction of sp³-hybridized carbons (Fsp3) is 0.800. The Labute approximate surface area is 87.6 Å². The Morgan fingerprint density at radius 1 is 1.54 bits per heavy atom. The van der Waals surface area contributed by atoms with Gasteiger partial charge >= 0.3 is 0 Å². The first-order valence-corrected chi connectivity index (χ1v) is 5.80. The molecule has 4 unspecified atom stereocenters. The molecule has 2 nitrogen and oxygen atoms in total. The van der Waals surface area contributed by atoms with E-state index in [9.17, 15) is 0 Å². The molecule has 1 aliphatic carbocycles. The van der Waals surface area contributed by atoms with Crippen LogP contribution in [0.3, 0.4) is 0 Å². The van der Waals surface area contributed by atoms with Crippen molar-refractivity contribution < 1.29 is 4.74 Å². The summed E-state index contributed by atoms with van der Waals surface area (Å²) in [6, 6.07) is 0.232. The molecular formula is C10H16BrNO. The predicted molar refractivity (Wildman–Crippen MR) is 56.9 cm³/mol. The van der Waals surface area contributed by atoms with E-state index >= 15 is 0 Å². The first kappa shape index (κ1) is 9.69. The number of nitrogens with two attached hydrogens (primary N) is 1. The first-order valence-electron chi connectivity index (χ1n) is 4.89. The average Bonchev–Trinajstić information content (AvgIpc) is 2.15. The fourth-order valence-electron chi connectivity index (χ4n) is 2.39. The van der Waals surface area contributed by atoms with E-state index in [1.54, 1.807) is 0 Å². The van der Waals surface area contributed by atoms with Crippen LogP contribution < -0.4 is 5.73 Å². The second kappa shape index (κ2) is 3.71. The van der Waals surface area contributed by atoms with Gasteiger partial charge < -0.3 is 10.5 Å². The summed E-state index contributed by atoms with van der Waals surface area (Å²) >= 11 is 3.61. The van der Waals surface area contributed by atoms with E-state index in [2.05, 4.69) is 22.5 Å². The molecule has 0 radical (unpaired) electrons. The standard InChI is InChI=1S/C10H16BrNO/c1-6-5-8(11)9(12)7-3-2-4-13-10(6)7/h7-10H,1-5,12H2. The Bertz CT molecular complexity index is 219. The highest BCUT2D eigenvalue weighted by Crippen LogP contribution is 2.38. The van der Waals surface area contributed by atoms with Crippen LogP contribution >= 0.6 is 15.9 Å².